The molecule has 2 heterocycles. The zero-order chi connectivity index (χ0) is 19.2. The number of amides is 2. The van der Waals surface area contributed by atoms with E-state index in [1.165, 1.54) is 22.9 Å². The van der Waals surface area contributed by atoms with Crippen molar-refractivity contribution in [1.82, 2.24) is 20.6 Å². The average Bonchev–Trinajstić information content (AvgIpc) is 3.34. The quantitative estimate of drug-likeness (QED) is 0.517. The van der Waals surface area contributed by atoms with Crippen LogP contribution < -0.4 is 10.9 Å². The van der Waals surface area contributed by atoms with E-state index < -0.39 is 24.4 Å². The van der Waals surface area contributed by atoms with Crippen LogP contribution >= 0.6 is 11.3 Å². The van der Waals surface area contributed by atoms with E-state index in [0.29, 0.717) is 11.4 Å². The molecular formula is C18H16N4O4S. The summed E-state index contributed by atoms with van der Waals surface area (Å²) in [6, 6.07) is 14.6. The van der Waals surface area contributed by atoms with E-state index in [0.717, 1.165) is 4.88 Å². The molecule has 0 radical (unpaired) electrons. The van der Waals surface area contributed by atoms with Gasteiger partial charge in [0.15, 0.2) is 12.3 Å². The molecule has 0 unspecified atom stereocenters. The van der Waals surface area contributed by atoms with Crippen LogP contribution in [0.1, 0.15) is 17.4 Å². The first kappa shape index (κ1) is 18.3. The summed E-state index contributed by atoms with van der Waals surface area (Å²) in [7, 11) is 0. The molecule has 3 aromatic rings. The normalized spacial score (nSPS) is 10.3. The van der Waals surface area contributed by atoms with Gasteiger partial charge in [0, 0.05) is 13.0 Å². The van der Waals surface area contributed by atoms with Gasteiger partial charge in [-0.25, -0.2) is 9.48 Å². The molecule has 2 N–H and O–H groups in total. The highest BCUT2D eigenvalue weighted by atomic mass is 32.1. The van der Waals surface area contributed by atoms with Crippen LogP contribution in [0, 0.1) is 0 Å². The fourth-order valence-corrected chi connectivity index (χ4v) is 2.92. The second kappa shape index (κ2) is 8.28. The number of carbonyl (C=O) groups excluding carboxylic acids is 3. The van der Waals surface area contributed by atoms with E-state index in [-0.39, 0.29) is 5.69 Å². The summed E-state index contributed by atoms with van der Waals surface area (Å²) in [5.74, 6) is -1.78. The maximum Gasteiger partial charge on any atom is 0.357 e. The van der Waals surface area contributed by atoms with Gasteiger partial charge in [-0.15, -0.1) is 11.3 Å². The Kier molecular flexibility index (Phi) is 5.62. The van der Waals surface area contributed by atoms with Crippen LogP contribution in [0.25, 0.3) is 16.3 Å². The summed E-state index contributed by atoms with van der Waals surface area (Å²) in [6.45, 7) is 0.713. The van der Waals surface area contributed by atoms with E-state index in [9.17, 15) is 14.4 Å². The molecule has 2 amide bonds. The summed E-state index contributed by atoms with van der Waals surface area (Å²) in [5, 5.41) is 6.42. The summed E-state index contributed by atoms with van der Waals surface area (Å²) < 4.78 is 6.53. The molecule has 0 atom stereocenters. The van der Waals surface area contributed by atoms with Crippen molar-refractivity contribution in [2.24, 2.45) is 0 Å². The molecule has 0 spiro atoms. The van der Waals surface area contributed by atoms with Gasteiger partial charge in [-0.2, -0.15) is 5.10 Å². The van der Waals surface area contributed by atoms with Gasteiger partial charge < -0.3 is 4.74 Å². The highest BCUT2D eigenvalue weighted by Crippen LogP contribution is 2.26. The summed E-state index contributed by atoms with van der Waals surface area (Å²) >= 11 is 1.50. The van der Waals surface area contributed by atoms with Crippen molar-refractivity contribution in [1.29, 1.82) is 0 Å². The number of carbonyl (C=O) groups is 3. The standard InChI is InChI=1S/C18H16N4O4S/c1-12(23)19-20-17(24)11-26-18(25)15-10-14(16-8-5-9-27-16)21-22(15)13-6-3-2-4-7-13/h2-10H,11H2,1H3,(H,19,23)(H,20,24). The minimum Gasteiger partial charge on any atom is -0.451 e. The number of benzene rings is 1. The highest BCUT2D eigenvalue weighted by molar-refractivity contribution is 7.13. The number of hydrogen-bond donors (Lipinski definition) is 2. The predicted octanol–water partition coefficient (Wildman–Crippen LogP) is 1.92. The van der Waals surface area contributed by atoms with E-state index in [1.807, 2.05) is 47.8 Å². The van der Waals surface area contributed by atoms with Gasteiger partial charge >= 0.3 is 5.97 Å². The van der Waals surface area contributed by atoms with Crippen LogP contribution in [0.15, 0.2) is 53.9 Å². The SMILES string of the molecule is CC(=O)NNC(=O)COC(=O)c1cc(-c2cccs2)nn1-c1ccccc1. The van der Waals surface area contributed by atoms with Gasteiger partial charge in [0.25, 0.3) is 5.91 Å². The third-order valence-electron chi connectivity index (χ3n) is 3.41. The molecule has 0 aliphatic carbocycles. The number of ether oxygens (including phenoxy) is 1. The molecule has 8 nitrogen and oxygen atoms in total. The molecule has 9 heteroatoms. The minimum absolute atomic E-state index is 0.192. The Morgan fingerprint density at radius 2 is 1.89 bits per heavy atom. The Balaban J connectivity index is 1.81. The van der Waals surface area contributed by atoms with Crippen molar-refractivity contribution in [2.45, 2.75) is 6.92 Å². The molecule has 0 saturated carbocycles. The van der Waals surface area contributed by atoms with Crippen LogP contribution in [-0.4, -0.2) is 34.2 Å². The maximum atomic E-state index is 12.5. The number of hydrazine groups is 1. The molecule has 138 valence electrons. The van der Waals surface area contributed by atoms with Gasteiger partial charge in [-0.1, -0.05) is 24.3 Å². The lowest BCUT2D eigenvalue weighted by Gasteiger charge is -2.08. The summed E-state index contributed by atoms with van der Waals surface area (Å²) in [4.78, 5) is 35.8. The number of nitrogens with zero attached hydrogens (tertiary/aromatic N) is 2. The first-order valence-corrected chi connectivity index (χ1v) is 8.84. The Bertz CT molecular complexity index is 951. The largest absolute Gasteiger partial charge is 0.451 e. The zero-order valence-electron chi connectivity index (χ0n) is 14.3. The second-order valence-corrected chi connectivity index (χ2v) is 6.39. The molecule has 1 aromatic carbocycles. The van der Waals surface area contributed by atoms with Gasteiger partial charge in [0.2, 0.25) is 5.91 Å². The number of hydrogen-bond acceptors (Lipinski definition) is 6. The van der Waals surface area contributed by atoms with Crippen LogP contribution in [0.4, 0.5) is 0 Å². The van der Waals surface area contributed by atoms with Gasteiger partial charge in [0.1, 0.15) is 5.69 Å². The monoisotopic (exact) mass is 384 g/mol. The predicted molar refractivity (Wildman–Crippen MR) is 99.1 cm³/mol. The highest BCUT2D eigenvalue weighted by Gasteiger charge is 2.20. The number of nitrogens with one attached hydrogen (secondary N) is 2. The van der Waals surface area contributed by atoms with E-state index in [4.69, 9.17) is 4.74 Å². The lowest BCUT2D eigenvalue weighted by Crippen LogP contribution is -2.42. The molecule has 0 bridgehead atoms. The third-order valence-corrected chi connectivity index (χ3v) is 4.30. The fourth-order valence-electron chi connectivity index (χ4n) is 2.24. The lowest BCUT2D eigenvalue weighted by molar-refractivity contribution is -0.129. The molecular weight excluding hydrogens is 368 g/mol. The van der Waals surface area contributed by atoms with Gasteiger partial charge in [-0.3, -0.25) is 20.4 Å². The smallest absolute Gasteiger partial charge is 0.357 e. The van der Waals surface area contributed by atoms with Gasteiger partial charge in [0.05, 0.1) is 10.6 Å². The number of esters is 1. The molecule has 0 aliphatic rings. The Morgan fingerprint density at radius 1 is 1.11 bits per heavy atom. The Labute approximate surface area is 158 Å². The number of aromatic nitrogens is 2. The number of para-hydroxylation sites is 1. The first-order valence-electron chi connectivity index (χ1n) is 7.96. The van der Waals surface area contributed by atoms with Crippen LogP contribution in [-0.2, 0) is 14.3 Å². The molecule has 0 aliphatic heterocycles. The Morgan fingerprint density at radius 3 is 2.56 bits per heavy atom. The minimum atomic E-state index is -0.702. The summed E-state index contributed by atoms with van der Waals surface area (Å²) in [5.41, 5.74) is 5.76. The number of rotatable bonds is 5. The van der Waals surface area contributed by atoms with Crippen molar-refractivity contribution in [3.05, 3.63) is 59.6 Å². The van der Waals surface area contributed by atoms with Gasteiger partial charge in [-0.05, 0) is 23.6 Å². The maximum absolute atomic E-state index is 12.5. The molecule has 0 saturated heterocycles. The zero-order valence-corrected chi connectivity index (χ0v) is 15.2. The topological polar surface area (TPSA) is 102 Å². The average molecular weight is 384 g/mol. The van der Waals surface area contributed by atoms with E-state index >= 15 is 0 Å². The van der Waals surface area contributed by atoms with E-state index in [1.54, 1.807) is 6.07 Å². The lowest BCUT2D eigenvalue weighted by atomic mass is 10.3. The van der Waals surface area contributed by atoms with Crippen molar-refractivity contribution >= 4 is 29.1 Å². The second-order valence-electron chi connectivity index (χ2n) is 5.44. The van der Waals surface area contributed by atoms with Crippen LogP contribution in [0.5, 0.6) is 0 Å². The van der Waals surface area contributed by atoms with Crippen molar-refractivity contribution in [3.63, 3.8) is 0 Å². The summed E-state index contributed by atoms with van der Waals surface area (Å²) in [6.07, 6.45) is 0. The molecule has 27 heavy (non-hydrogen) atoms. The molecule has 3 rings (SSSR count). The van der Waals surface area contributed by atoms with Crippen LogP contribution in [0.2, 0.25) is 0 Å². The Hall–Kier alpha value is -3.46. The van der Waals surface area contributed by atoms with Crippen LogP contribution in [0.3, 0.4) is 0 Å². The van der Waals surface area contributed by atoms with Crippen molar-refractivity contribution < 1.29 is 19.1 Å². The fraction of sp³-hybridized carbons (Fsp3) is 0.111. The molecule has 0 fully saturated rings. The van der Waals surface area contributed by atoms with Crippen molar-refractivity contribution in [3.8, 4) is 16.3 Å². The third kappa shape index (κ3) is 4.59. The number of thiophene rings is 1. The first-order chi connectivity index (χ1) is 13.0. The van der Waals surface area contributed by atoms with E-state index in [2.05, 4.69) is 16.0 Å². The molecule has 2 aromatic heterocycles. The van der Waals surface area contributed by atoms with Crippen molar-refractivity contribution in [2.75, 3.05) is 6.61 Å².